The lowest BCUT2D eigenvalue weighted by Gasteiger charge is -2.04. The van der Waals surface area contributed by atoms with Crippen molar-refractivity contribution in [1.82, 2.24) is 25.1 Å². The summed E-state index contributed by atoms with van der Waals surface area (Å²) in [7, 11) is 0. The van der Waals surface area contributed by atoms with E-state index in [4.69, 9.17) is 5.73 Å². The monoisotopic (exact) mass is 178 g/mol. The van der Waals surface area contributed by atoms with Crippen LogP contribution in [0.4, 0.5) is 0 Å². The van der Waals surface area contributed by atoms with Crippen molar-refractivity contribution in [1.29, 1.82) is 0 Å². The van der Waals surface area contributed by atoms with Crippen LogP contribution in [0.5, 0.6) is 0 Å². The third-order valence-electron chi connectivity index (χ3n) is 1.78. The van der Waals surface area contributed by atoms with Gasteiger partial charge in [-0.3, -0.25) is 5.10 Å². The van der Waals surface area contributed by atoms with Crippen LogP contribution in [0.25, 0.3) is 0 Å². The molecule has 2 rings (SSSR count). The molecule has 2 aromatic heterocycles. The molecule has 0 saturated carbocycles. The predicted octanol–water partition coefficient (Wildman–Crippen LogP) is -0.230. The van der Waals surface area contributed by atoms with Crippen LogP contribution < -0.4 is 5.73 Å². The van der Waals surface area contributed by atoms with Gasteiger partial charge in [-0.25, -0.2) is 9.97 Å². The van der Waals surface area contributed by atoms with E-state index in [2.05, 4.69) is 25.1 Å². The second kappa shape index (κ2) is 3.36. The zero-order valence-electron chi connectivity index (χ0n) is 6.94. The second-order valence-corrected chi connectivity index (χ2v) is 2.76. The zero-order chi connectivity index (χ0) is 9.10. The van der Waals surface area contributed by atoms with Gasteiger partial charge in [0.15, 0.2) is 0 Å². The largest absolute Gasteiger partial charge is 0.348 e. The van der Waals surface area contributed by atoms with E-state index >= 15 is 0 Å². The van der Waals surface area contributed by atoms with Crippen LogP contribution in [0.3, 0.4) is 0 Å². The second-order valence-electron chi connectivity index (χ2n) is 2.76. The molecule has 13 heavy (non-hydrogen) atoms. The molecule has 6 nitrogen and oxygen atoms in total. The Labute approximate surface area is 74.6 Å². The third-order valence-corrected chi connectivity index (χ3v) is 1.78. The highest BCUT2D eigenvalue weighted by atomic mass is 15.2. The van der Waals surface area contributed by atoms with E-state index < -0.39 is 0 Å². The Balaban J connectivity index is 2.04. The molecule has 0 bridgehead atoms. The summed E-state index contributed by atoms with van der Waals surface area (Å²) in [5.41, 5.74) is 6.84. The number of nitrogens with one attached hydrogen (secondary N) is 2. The summed E-state index contributed by atoms with van der Waals surface area (Å²) in [5.74, 6) is 0.689. The fourth-order valence-corrected chi connectivity index (χ4v) is 1.12. The van der Waals surface area contributed by atoms with Crippen LogP contribution in [0, 0.1) is 0 Å². The van der Waals surface area contributed by atoms with Crippen molar-refractivity contribution in [2.75, 3.05) is 0 Å². The SMILES string of the molecule is NC(Cc1cnc[nH]1)c1ncn[nH]1. The molecule has 68 valence electrons. The lowest BCUT2D eigenvalue weighted by molar-refractivity contribution is 0.662. The molecule has 0 aliphatic carbocycles. The Bertz CT molecular complexity index is 337. The first-order valence-electron chi connectivity index (χ1n) is 3.94. The van der Waals surface area contributed by atoms with E-state index in [9.17, 15) is 0 Å². The molecule has 0 spiro atoms. The van der Waals surface area contributed by atoms with E-state index in [1.54, 1.807) is 12.5 Å². The van der Waals surface area contributed by atoms with Crippen molar-refractivity contribution < 1.29 is 0 Å². The molecule has 1 unspecified atom stereocenters. The van der Waals surface area contributed by atoms with Crippen LogP contribution in [0.1, 0.15) is 17.6 Å². The number of hydrogen-bond donors (Lipinski definition) is 3. The van der Waals surface area contributed by atoms with Crippen molar-refractivity contribution >= 4 is 0 Å². The molecule has 6 heteroatoms. The van der Waals surface area contributed by atoms with Crippen LogP contribution >= 0.6 is 0 Å². The van der Waals surface area contributed by atoms with E-state index in [1.807, 2.05) is 0 Å². The number of nitrogens with two attached hydrogens (primary N) is 1. The maximum absolute atomic E-state index is 5.85. The van der Waals surface area contributed by atoms with E-state index in [0.717, 1.165) is 5.69 Å². The average molecular weight is 178 g/mol. The smallest absolute Gasteiger partial charge is 0.141 e. The molecule has 0 aliphatic rings. The topological polar surface area (TPSA) is 96.3 Å². The van der Waals surface area contributed by atoms with E-state index in [0.29, 0.717) is 12.2 Å². The average Bonchev–Trinajstić information content (AvgIpc) is 2.74. The molecule has 0 aliphatic heterocycles. The lowest BCUT2D eigenvalue weighted by Crippen LogP contribution is -2.15. The minimum Gasteiger partial charge on any atom is -0.348 e. The number of nitrogens with zero attached hydrogens (tertiary/aromatic N) is 3. The van der Waals surface area contributed by atoms with Crippen LogP contribution in [0.2, 0.25) is 0 Å². The Morgan fingerprint density at radius 2 is 2.46 bits per heavy atom. The quantitative estimate of drug-likeness (QED) is 0.604. The third kappa shape index (κ3) is 1.73. The molecule has 2 heterocycles. The predicted molar refractivity (Wildman–Crippen MR) is 45.6 cm³/mol. The maximum atomic E-state index is 5.85. The number of rotatable bonds is 3. The van der Waals surface area contributed by atoms with Gasteiger partial charge in [0.05, 0.1) is 12.4 Å². The first-order valence-corrected chi connectivity index (χ1v) is 3.94. The number of imidazole rings is 1. The minimum absolute atomic E-state index is 0.164. The molecule has 0 saturated heterocycles. The fraction of sp³-hybridized carbons (Fsp3) is 0.286. The molecule has 2 aromatic rings. The van der Waals surface area contributed by atoms with Crippen LogP contribution in [-0.4, -0.2) is 25.1 Å². The van der Waals surface area contributed by atoms with E-state index in [-0.39, 0.29) is 6.04 Å². The van der Waals surface area contributed by atoms with E-state index in [1.165, 1.54) is 6.33 Å². The van der Waals surface area contributed by atoms with Gasteiger partial charge >= 0.3 is 0 Å². The molecule has 0 radical (unpaired) electrons. The molecular formula is C7H10N6. The summed E-state index contributed by atoms with van der Waals surface area (Å²) >= 11 is 0. The van der Waals surface area contributed by atoms with Crippen LogP contribution in [-0.2, 0) is 6.42 Å². The highest BCUT2D eigenvalue weighted by molar-refractivity contribution is 5.02. The number of H-pyrrole nitrogens is 2. The summed E-state index contributed by atoms with van der Waals surface area (Å²) in [6.07, 6.45) is 5.50. The summed E-state index contributed by atoms with van der Waals surface area (Å²) in [6.45, 7) is 0. The van der Waals surface area contributed by atoms with Crippen molar-refractivity contribution in [2.45, 2.75) is 12.5 Å². The highest BCUT2D eigenvalue weighted by Crippen LogP contribution is 2.08. The Kier molecular flexibility index (Phi) is 2.05. The Hall–Kier alpha value is -1.69. The van der Waals surface area contributed by atoms with Gasteiger partial charge in [-0.1, -0.05) is 0 Å². The summed E-state index contributed by atoms with van der Waals surface area (Å²) in [6, 6.07) is -0.164. The molecule has 0 fully saturated rings. The molecular weight excluding hydrogens is 168 g/mol. The Morgan fingerprint density at radius 3 is 3.08 bits per heavy atom. The summed E-state index contributed by atoms with van der Waals surface area (Å²) in [5, 5.41) is 6.46. The van der Waals surface area contributed by atoms with Gasteiger partial charge < -0.3 is 10.7 Å². The van der Waals surface area contributed by atoms with Gasteiger partial charge in [0.2, 0.25) is 0 Å². The maximum Gasteiger partial charge on any atom is 0.141 e. The van der Waals surface area contributed by atoms with Gasteiger partial charge in [-0.15, -0.1) is 0 Å². The first kappa shape index (κ1) is 7.93. The summed E-state index contributed by atoms with van der Waals surface area (Å²) in [4.78, 5) is 10.8. The Morgan fingerprint density at radius 1 is 1.54 bits per heavy atom. The molecule has 1 atom stereocenters. The highest BCUT2D eigenvalue weighted by Gasteiger charge is 2.09. The summed E-state index contributed by atoms with van der Waals surface area (Å²) < 4.78 is 0. The minimum atomic E-state index is -0.164. The normalized spacial score (nSPS) is 13.0. The van der Waals surface area contributed by atoms with Gasteiger partial charge in [0.1, 0.15) is 12.2 Å². The first-order chi connectivity index (χ1) is 6.36. The molecule has 0 aromatic carbocycles. The van der Waals surface area contributed by atoms with Crippen molar-refractivity contribution in [2.24, 2.45) is 5.73 Å². The van der Waals surface area contributed by atoms with Gasteiger partial charge in [-0.05, 0) is 0 Å². The van der Waals surface area contributed by atoms with Crippen LogP contribution in [0.15, 0.2) is 18.9 Å². The number of hydrogen-bond acceptors (Lipinski definition) is 4. The van der Waals surface area contributed by atoms with Crippen molar-refractivity contribution in [3.63, 3.8) is 0 Å². The van der Waals surface area contributed by atoms with Crippen molar-refractivity contribution in [3.8, 4) is 0 Å². The number of aromatic nitrogens is 5. The lowest BCUT2D eigenvalue weighted by atomic mass is 10.2. The van der Waals surface area contributed by atoms with Gasteiger partial charge in [-0.2, -0.15) is 5.10 Å². The standard InChI is InChI=1S/C7H10N6/c8-6(7-11-4-12-13-7)1-5-2-9-3-10-5/h2-4,6H,1,8H2,(H,9,10)(H,11,12,13). The number of aromatic amines is 2. The van der Waals surface area contributed by atoms with Crippen molar-refractivity contribution in [3.05, 3.63) is 30.4 Å². The van der Waals surface area contributed by atoms with Gasteiger partial charge in [0.25, 0.3) is 0 Å². The molecule has 4 N–H and O–H groups in total. The fourth-order valence-electron chi connectivity index (χ4n) is 1.12. The zero-order valence-corrected chi connectivity index (χ0v) is 6.94. The molecule has 0 amide bonds. The van der Waals surface area contributed by atoms with Gasteiger partial charge in [0, 0.05) is 18.3 Å².